The first kappa shape index (κ1) is 22.0. The lowest BCUT2D eigenvalue weighted by Gasteiger charge is -2.13. The van der Waals surface area contributed by atoms with Crippen LogP contribution in [0.1, 0.15) is 48.9 Å². The number of aryl methyl sites for hydroxylation is 1. The Labute approximate surface area is 182 Å². The molecule has 0 fully saturated rings. The Hall–Kier alpha value is -3.21. The van der Waals surface area contributed by atoms with Gasteiger partial charge in [-0.3, -0.25) is 9.48 Å². The van der Waals surface area contributed by atoms with Crippen molar-refractivity contribution in [3.8, 4) is 0 Å². The van der Waals surface area contributed by atoms with E-state index < -0.39 is 23.6 Å². The van der Waals surface area contributed by atoms with Crippen molar-refractivity contribution in [1.29, 1.82) is 0 Å². The van der Waals surface area contributed by atoms with Gasteiger partial charge in [0.2, 0.25) is 11.9 Å². The Morgan fingerprint density at radius 1 is 1.25 bits per heavy atom. The minimum absolute atomic E-state index is 0.227. The van der Waals surface area contributed by atoms with E-state index in [1.807, 2.05) is 0 Å². The van der Waals surface area contributed by atoms with E-state index in [2.05, 4.69) is 32.6 Å². The molecular weight excluding hydrogens is 423 g/mol. The molecule has 1 amide bonds. The fourth-order valence-electron chi connectivity index (χ4n) is 3.80. The number of carbonyl (C=O) groups is 1. The van der Waals surface area contributed by atoms with Crippen LogP contribution in [0.4, 0.5) is 24.8 Å². The number of amides is 1. The van der Waals surface area contributed by atoms with Gasteiger partial charge in [0, 0.05) is 31.5 Å². The molecule has 0 saturated carbocycles. The van der Waals surface area contributed by atoms with Crippen molar-refractivity contribution in [1.82, 2.24) is 19.7 Å². The van der Waals surface area contributed by atoms with Crippen LogP contribution in [0, 0.1) is 0 Å². The Balaban J connectivity index is 1.83. The summed E-state index contributed by atoms with van der Waals surface area (Å²) in [7, 11) is 0. The van der Waals surface area contributed by atoms with Crippen molar-refractivity contribution in [3.63, 3.8) is 0 Å². The van der Waals surface area contributed by atoms with Crippen molar-refractivity contribution in [2.45, 2.75) is 44.8 Å². The number of nitrogens with two attached hydrogens (primary N) is 1. The Kier molecular flexibility index (Phi) is 6.00. The average Bonchev–Trinajstić information content (AvgIpc) is 3.30. The number of alkyl halides is 3. The average molecular weight is 447 g/mol. The van der Waals surface area contributed by atoms with Gasteiger partial charge in [0.1, 0.15) is 5.92 Å². The molecule has 170 valence electrons. The largest absolute Gasteiger partial charge is 0.416 e. The van der Waals surface area contributed by atoms with Gasteiger partial charge < -0.3 is 16.4 Å². The standard InChI is InChI=1S/C21H24F3N7O/c1-2-3-4-9-31-11-14-17(28-20(26-8-7-25)29-18(14)30-31)16-13-10-12(21(22,23)24)5-6-15(13)27-19(16)32/h5-6,10-11,16H,2-4,7-9,25H2,1H3,(H,27,32)(H,26,29,30). The fraction of sp³-hybridized carbons (Fsp3) is 0.429. The number of anilines is 2. The minimum Gasteiger partial charge on any atom is -0.353 e. The van der Waals surface area contributed by atoms with E-state index in [1.165, 1.54) is 6.07 Å². The van der Waals surface area contributed by atoms with Crippen molar-refractivity contribution < 1.29 is 18.0 Å². The monoisotopic (exact) mass is 447 g/mol. The predicted octanol–water partition coefficient (Wildman–Crippen LogP) is 3.49. The van der Waals surface area contributed by atoms with E-state index in [4.69, 9.17) is 5.73 Å². The highest BCUT2D eigenvalue weighted by molar-refractivity contribution is 6.06. The summed E-state index contributed by atoms with van der Waals surface area (Å²) < 4.78 is 41.7. The number of hydrogen-bond donors (Lipinski definition) is 3. The van der Waals surface area contributed by atoms with Crippen molar-refractivity contribution in [2.75, 3.05) is 23.7 Å². The van der Waals surface area contributed by atoms with E-state index in [1.54, 1.807) is 10.9 Å². The minimum atomic E-state index is -4.52. The van der Waals surface area contributed by atoms with Crippen LogP contribution < -0.4 is 16.4 Å². The van der Waals surface area contributed by atoms with E-state index >= 15 is 0 Å². The molecule has 3 aromatic rings. The van der Waals surface area contributed by atoms with E-state index in [9.17, 15) is 18.0 Å². The highest BCUT2D eigenvalue weighted by Crippen LogP contribution is 2.42. The number of hydrogen-bond acceptors (Lipinski definition) is 6. The van der Waals surface area contributed by atoms with Crippen LogP contribution >= 0.6 is 0 Å². The molecule has 1 aliphatic heterocycles. The smallest absolute Gasteiger partial charge is 0.353 e. The molecule has 11 heteroatoms. The van der Waals surface area contributed by atoms with E-state index in [0.717, 1.165) is 31.4 Å². The summed E-state index contributed by atoms with van der Waals surface area (Å²) in [5.74, 6) is -1.22. The molecule has 0 saturated heterocycles. The van der Waals surface area contributed by atoms with Gasteiger partial charge in [0.25, 0.3) is 0 Å². The van der Waals surface area contributed by atoms with Crippen molar-refractivity contribution in [2.24, 2.45) is 5.73 Å². The molecule has 1 aliphatic rings. The van der Waals surface area contributed by atoms with Crippen LogP contribution in [0.5, 0.6) is 0 Å². The molecule has 1 aromatic carbocycles. The number of benzene rings is 1. The van der Waals surface area contributed by atoms with Crippen molar-refractivity contribution in [3.05, 3.63) is 41.2 Å². The third kappa shape index (κ3) is 4.24. The van der Waals surface area contributed by atoms with Gasteiger partial charge >= 0.3 is 6.18 Å². The zero-order valence-electron chi connectivity index (χ0n) is 17.5. The van der Waals surface area contributed by atoms with Gasteiger partial charge in [-0.2, -0.15) is 23.3 Å². The molecule has 4 rings (SSSR count). The Morgan fingerprint density at radius 2 is 2.06 bits per heavy atom. The van der Waals surface area contributed by atoms with E-state index in [0.29, 0.717) is 42.0 Å². The second-order valence-electron chi connectivity index (χ2n) is 7.71. The predicted molar refractivity (Wildman–Crippen MR) is 114 cm³/mol. The summed E-state index contributed by atoms with van der Waals surface area (Å²) in [5, 5.41) is 10.7. The molecule has 32 heavy (non-hydrogen) atoms. The van der Waals surface area contributed by atoms with Gasteiger partial charge in [0.15, 0.2) is 5.65 Å². The summed E-state index contributed by atoms with van der Waals surface area (Å²) in [6.07, 6.45) is 0.250. The van der Waals surface area contributed by atoms with Gasteiger partial charge in [-0.05, 0) is 30.2 Å². The Morgan fingerprint density at radius 3 is 2.78 bits per heavy atom. The lowest BCUT2D eigenvalue weighted by Crippen LogP contribution is -2.18. The van der Waals surface area contributed by atoms with Crippen LogP contribution in [-0.2, 0) is 17.5 Å². The van der Waals surface area contributed by atoms with Crippen LogP contribution in [0.25, 0.3) is 11.0 Å². The maximum atomic E-state index is 13.3. The molecule has 2 aromatic heterocycles. The Bertz CT molecular complexity index is 1140. The maximum Gasteiger partial charge on any atom is 0.416 e. The number of nitrogens with zero attached hydrogens (tertiary/aromatic N) is 4. The molecule has 0 aliphatic carbocycles. The maximum absolute atomic E-state index is 13.3. The molecular formula is C21H24F3N7O. The zero-order chi connectivity index (χ0) is 22.9. The second kappa shape index (κ2) is 8.73. The van der Waals surface area contributed by atoms with Gasteiger partial charge in [-0.25, -0.2) is 4.98 Å². The van der Waals surface area contributed by atoms with Gasteiger partial charge in [0.05, 0.1) is 16.6 Å². The molecule has 1 unspecified atom stereocenters. The van der Waals surface area contributed by atoms with Crippen LogP contribution in [0.15, 0.2) is 24.4 Å². The lowest BCUT2D eigenvalue weighted by molar-refractivity contribution is -0.137. The first-order valence-corrected chi connectivity index (χ1v) is 10.5. The summed E-state index contributed by atoms with van der Waals surface area (Å²) in [4.78, 5) is 21.8. The van der Waals surface area contributed by atoms with Crippen LogP contribution in [0.3, 0.4) is 0 Å². The highest BCUT2D eigenvalue weighted by Gasteiger charge is 2.38. The summed E-state index contributed by atoms with van der Waals surface area (Å²) in [5.41, 5.74) is 5.99. The topological polar surface area (TPSA) is 111 Å². The number of carbonyl (C=O) groups excluding carboxylic acids is 1. The number of rotatable bonds is 8. The molecule has 4 N–H and O–H groups in total. The highest BCUT2D eigenvalue weighted by atomic mass is 19.4. The number of halogens is 3. The van der Waals surface area contributed by atoms with Crippen molar-refractivity contribution >= 4 is 28.6 Å². The third-order valence-corrected chi connectivity index (χ3v) is 5.36. The number of aromatic nitrogens is 4. The SMILES string of the molecule is CCCCCn1cc2c(C3C(=O)Nc4ccc(C(F)(F)F)cc43)nc(NCCN)nc2n1. The van der Waals surface area contributed by atoms with Gasteiger partial charge in [-0.1, -0.05) is 19.8 Å². The van der Waals surface area contributed by atoms with Crippen LogP contribution in [0.2, 0.25) is 0 Å². The molecule has 3 heterocycles. The summed E-state index contributed by atoms with van der Waals surface area (Å²) >= 11 is 0. The summed E-state index contributed by atoms with van der Waals surface area (Å²) in [6.45, 7) is 3.50. The number of nitrogens with one attached hydrogen (secondary N) is 2. The van der Waals surface area contributed by atoms with E-state index in [-0.39, 0.29) is 11.5 Å². The number of fused-ring (bicyclic) bond motifs is 2. The molecule has 1 atom stereocenters. The third-order valence-electron chi connectivity index (χ3n) is 5.36. The second-order valence-corrected chi connectivity index (χ2v) is 7.71. The first-order valence-electron chi connectivity index (χ1n) is 10.5. The first-order chi connectivity index (χ1) is 15.3. The number of unbranched alkanes of at least 4 members (excludes halogenated alkanes) is 2. The molecule has 0 radical (unpaired) electrons. The quantitative estimate of drug-likeness (QED) is 0.456. The molecule has 0 bridgehead atoms. The van der Waals surface area contributed by atoms with Gasteiger partial charge in [-0.15, -0.1) is 0 Å². The van der Waals surface area contributed by atoms with Crippen LogP contribution in [-0.4, -0.2) is 38.7 Å². The molecule has 0 spiro atoms. The summed E-state index contributed by atoms with van der Waals surface area (Å²) in [6, 6.07) is 3.23. The zero-order valence-corrected chi connectivity index (χ0v) is 17.5. The molecule has 8 nitrogen and oxygen atoms in total. The normalized spacial score (nSPS) is 15.8. The lowest BCUT2D eigenvalue weighted by atomic mass is 9.94. The fourth-order valence-corrected chi connectivity index (χ4v) is 3.80.